The summed E-state index contributed by atoms with van der Waals surface area (Å²) in [7, 11) is 1.55. The van der Waals surface area contributed by atoms with Crippen LogP contribution in [0.3, 0.4) is 0 Å². The number of piperazine rings is 1. The number of aliphatic imine (C=N–C) groups is 1. The first-order valence-electron chi connectivity index (χ1n) is 9.56. The van der Waals surface area contributed by atoms with Gasteiger partial charge in [0.05, 0.1) is 19.2 Å². The van der Waals surface area contributed by atoms with E-state index in [1.807, 2.05) is 20.8 Å². The molecule has 2 aliphatic rings. The molecular weight excluding hydrogens is 490 g/mol. The Bertz CT molecular complexity index is 754. The fourth-order valence-corrected chi connectivity index (χ4v) is 3.41. The van der Waals surface area contributed by atoms with Crippen LogP contribution in [0.1, 0.15) is 31.9 Å². The predicted molar refractivity (Wildman–Crippen MR) is 120 cm³/mol. The van der Waals surface area contributed by atoms with E-state index in [1.54, 1.807) is 24.1 Å². The lowest BCUT2D eigenvalue weighted by atomic mass is 10.1. The van der Waals surface area contributed by atoms with Crippen molar-refractivity contribution in [3.8, 4) is 0 Å². The molecule has 1 fully saturated rings. The van der Waals surface area contributed by atoms with Crippen LogP contribution in [0.4, 0.5) is 9.18 Å². The lowest BCUT2D eigenvalue weighted by Gasteiger charge is -2.39. The van der Waals surface area contributed by atoms with Gasteiger partial charge in [0.15, 0.2) is 5.96 Å². The molecule has 1 aromatic rings. The van der Waals surface area contributed by atoms with Gasteiger partial charge in [-0.1, -0.05) is 6.07 Å². The number of amides is 1. The molecule has 2 heterocycles. The highest BCUT2D eigenvalue weighted by Gasteiger charge is 2.36. The molecule has 1 atom stereocenters. The number of hydrogen-bond acceptors (Lipinski definition) is 6. The minimum atomic E-state index is -0.496. The number of ether oxygens (including phenoxy) is 2. The molecule has 9 heteroatoms. The molecule has 0 saturated carbocycles. The van der Waals surface area contributed by atoms with Crippen LogP contribution in [0.25, 0.3) is 0 Å². The van der Waals surface area contributed by atoms with Gasteiger partial charge in [-0.25, -0.2) is 9.18 Å². The summed E-state index contributed by atoms with van der Waals surface area (Å²) < 4.78 is 24.3. The van der Waals surface area contributed by atoms with E-state index in [9.17, 15) is 9.18 Å². The number of guanidine groups is 1. The van der Waals surface area contributed by atoms with Crippen LogP contribution in [-0.2, 0) is 22.6 Å². The van der Waals surface area contributed by atoms with Crippen molar-refractivity contribution in [3.63, 3.8) is 0 Å². The summed E-state index contributed by atoms with van der Waals surface area (Å²) in [6, 6.07) is 5.18. The molecule has 1 N–H and O–H groups in total. The zero-order valence-corrected chi connectivity index (χ0v) is 19.7. The molecule has 3 rings (SSSR count). The van der Waals surface area contributed by atoms with E-state index >= 15 is 0 Å². The van der Waals surface area contributed by atoms with Crippen molar-refractivity contribution < 1.29 is 18.7 Å². The van der Waals surface area contributed by atoms with Crippen LogP contribution in [0.2, 0.25) is 0 Å². The molecular formula is C20H30FIN4O3. The van der Waals surface area contributed by atoms with Crippen molar-refractivity contribution in [3.05, 3.63) is 35.1 Å². The van der Waals surface area contributed by atoms with E-state index in [0.717, 1.165) is 11.5 Å². The molecule has 1 unspecified atom stereocenters. The molecule has 0 radical (unpaired) electrons. The molecule has 162 valence electrons. The van der Waals surface area contributed by atoms with Gasteiger partial charge in [0.1, 0.15) is 11.4 Å². The van der Waals surface area contributed by atoms with Gasteiger partial charge < -0.3 is 24.6 Å². The SMILES string of the molecule is COCc1cc(CNC2=NCC3CN(C(=O)OC(C)(C)C)CCN23)ccc1F.I. The summed E-state index contributed by atoms with van der Waals surface area (Å²) in [5.74, 6) is 0.564. The van der Waals surface area contributed by atoms with Crippen LogP contribution in [-0.4, -0.2) is 66.8 Å². The summed E-state index contributed by atoms with van der Waals surface area (Å²) in [5, 5.41) is 3.35. The average Bonchev–Trinajstić information content (AvgIpc) is 3.03. The molecule has 1 amide bonds. The number of carbonyl (C=O) groups excluding carboxylic acids is 1. The second-order valence-electron chi connectivity index (χ2n) is 8.15. The highest BCUT2D eigenvalue weighted by molar-refractivity contribution is 14.0. The quantitative estimate of drug-likeness (QED) is 0.619. The minimum Gasteiger partial charge on any atom is -0.444 e. The van der Waals surface area contributed by atoms with Crippen LogP contribution in [0.15, 0.2) is 23.2 Å². The maximum atomic E-state index is 13.7. The number of rotatable bonds is 4. The van der Waals surface area contributed by atoms with Gasteiger partial charge in [-0.15, -0.1) is 24.0 Å². The summed E-state index contributed by atoms with van der Waals surface area (Å²) in [5.41, 5.74) is 1.01. The Morgan fingerprint density at radius 1 is 1.34 bits per heavy atom. The molecule has 0 aliphatic carbocycles. The van der Waals surface area contributed by atoms with E-state index in [0.29, 0.717) is 38.3 Å². The molecule has 0 bridgehead atoms. The number of nitrogens with zero attached hydrogens (tertiary/aromatic N) is 3. The summed E-state index contributed by atoms with van der Waals surface area (Å²) >= 11 is 0. The van der Waals surface area contributed by atoms with E-state index in [2.05, 4.69) is 15.2 Å². The third kappa shape index (κ3) is 6.18. The monoisotopic (exact) mass is 520 g/mol. The van der Waals surface area contributed by atoms with Gasteiger partial charge in [-0.2, -0.15) is 0 Å². The van der Waals surface area contributed by atoms with E-state index in [4.69, 9.17) is 9.47 Å². The lowest BCUT2D eigenvalue weighted by molar-refractivity contribution is 0.0137. The number of fused-ring (bicyclic) bond motifs is 1. The third-order valence-electron chi connectivity index (χ3n) is 4.72. The first kappa shape index (κ1) is 23.7. The fourth-order valence-electron chi connectivity index (χ4n) is 3.41. The molecule has 0 aromatic heterocycles. The van der Waals surface area contributed by atoms with E-state index < -0.39 is 5.60 Å². The number of hydrogen-bond donors (Lipinski definition) is 1. The minimum absolute atomic E-state index is 0. The molecule has 2 aliphatic heterocycles. The second kappa shape index (κ2) is 9.92. The van der Waals surface area contributed by atoms with Gasteiger partial charge in [-0.3, -0.25) is 4.99 Å². The predicted octanol–water partition coefficient (Wildman–Crippen LogP) is 2.97. The topological polar surface area (TPSA) is 66.4 Å². The molecule has 1 saturated heterocycles. The fraction of sp³-hybridized carbons (Fsp3) is 0.600. The smallest absolute Gasteiger partial charge is 0.410 e. The van der Waals surface area contributed by atoms with Crippen molar-refractivity contribution in [1.82, 2.24) is 15.1 Å². The molecule has 7 nitrogen and oxygen atoms in total. The Kier molecular flexibility index (Phi) is 8.10. The van der Waals surface area contributed by atoms with Crippen LogP contribution in [0, 0.1) is 5.82 Å². The zero-order valence-electron chi connectivity index (χ0n) is 17.4. The summed E-state index contributed by atoms with van der Waals surface area (Å²) in [6.45, 7) is 8.94. The second-order valence-corrected chi connectivity index (χ2v) is 8.15. The molecule has 1 aromatic carbocycles. The zero-order chi connectivity index (χ0) is 20.3. The van der Waals surface area contributed by atoms with Crippen LogP contribution in [0.5, 0.6) is 0 Å². The molecule has 29 heavy (non-hydrogen) atoms. The maximum Gasteiger partial charge on any atom is 0.410 e. The first-order chi connectivity index (χ1) is 13.3. The van der Waals surface area contributed by atoms with Gasteiger partial charge in [0.25, 0.3) is 0 Å². The third-order valence-corrected chi connectivity index (χ3v) is 4.72. The van der Waals surface area contributed by atoms with Gasteiger partial charge in [0, 0.05) is 38.9 Å². The standard InChI is InChI=1S/C20H29FN4O3.HI/c1-20(2,3)28-19(26)24-7-8-25-16(12-24)11-23-18(25)22-10-14-5-6-17(21)15(9-14)13-27-4;/h5-6,9,16H,7-8,10-13H2,1-4H3,(H,22,23);1H. The molecule has 0 spiro atoms. The van der Waals surface area contributed by atoms with E-state index in [-0.39, 0.29) is 48.5 Å². The van der Waals surface area contributed by atoms with Gasteiger partial charge in [0.2, 0.25) is 0 Å². The van der Waals surface area contributed by atoms with Crippen LogP contribution >= 0.6 is 24.0 Å². The first-order valence-corrected chi connectivity index (χ1v) is 9.56. The van der Waals surface area contributed by atoms with E-state index in [1.165, 1.54) is 6.07 Å². The van der Waals surface area contributed by atoms with Crippen molar-refractivity contribution in [2.24, 2.45) is 4.99 Å². The summed E-state index contributed by atoms with van der Waals surface area (Å²) in [6.07, 6.45) is -0.273. The Labute approximate surface area is 188 Å². The van der Waals surface area contributed by atoms with Gasteiger partial charge in [-0.05, 0) is 38.5 Å². The number of benzene rings is 1. The Morgan fingerprint density at radius 2 is 2.10 bits per heavy atom. The highest BCUT2D eigenvalue weighted by atomic mass is 127. The van der Waals surface area contributed by atoms with Gasteiger partial charge >= 0.3 is 6.09 Å². The number of methoxy groups -OCH3 is 1. The Hall–Kier alpha value is -1.62. The Morgan fingerprint density at radius 3 is 2.79 bits per heavy atom. The van der Waals surface area contributed by atoms with Crippen molar-refractivity contribution >= 4 is 36.0 Å². The van der Waals surface area contributed by atoms with Crippen molar-refractivity contribution in [2.75, 3.05) is 33.3 Å². The largest absolute Gasteiger partial charge is 0.444 e. The van der Waals surface area contributed by atoms with Crippen molar-refractivity contribution in [1.29, 1.82) is 0 Å². The number of carbonyl (C=O) groups is 1. The summed E-state index contributed by atoms with van der Waals surface area (Å²) in [4.78, 5) is 20.8. The average molecular weight is 520 g/mol. The lowest BCUT2D eigenvalue weighted by Crippen LogP contribution is -2.57. The number of halogens is 2. The highest BCUT2D eigenvalue weighted by Crippen LogP contribution is 2.19. The maximum absolute atomic E-state index is 13.7. The Balaban J connectivity index is 0.00000300. The normalized spacial score (nSPS) is 18.7. The van der Waals surface area contributed by atoms with Crippen LogP contribution < -0.4 is 5.32 Å². The van der Waals surface area contributed by atoms with Crippen molar-refractivity contribution in [2.45, 2.75) is 45.6 Å². The number of nitrogens with one attached hydrogen (secondary N) is 1.